The molecule has 3 aromatic rings. The second kappa shape index (κ2) is 7.33. The van der Waals surface area contributed by atoms with Gasteiger partial charge in [-0.15, -0.1) is 11.3 Å². The largest absolute Gasteiger partial charge is 0.361 e. The van der Waals surface area contributed by atoms with Crippen molar-refractivity contribution in [3.05, 3.63) is 57.9 Å². The molecule has 120 valence electrons. The number of H-pyrrole nitrogens is 1. The van der Waals surface area contributed by atoms with Crippen LogP contribution in [-0.2, 0) is 13.0 Å². The van der Waals surface area contributed by atoms with Crippen LogP contribution < -0.4 is 10.6 Å². The molecule has 0 aliphatic rings. The molecule has 0 radical (unpaired) electrons. The third-order valence-corrected chi connectivity index (χ3v) is 4.72. The number of hydrogen-bond acceptors (Lipinski definition) is 2. The fraction of sp³-hybridized carbons (Fsp3) is 0.278. The molecule has 0 bridgehead atoms. The van der Waals surface area contributed by atoms with Crippen LogP contribution in [0.2, 0.25) is 0 Å². The molecule has 5 heteroatoms. The van der Waals surface area contributed by atoms with Crippen molar-refractivity contribution < 1.29 is 0 Å². The normalized spacial score (nSPS) is 11.8. The number of aliphatic imine (C=N–C) groups is 1. The summed E-state index contributed by atoms with van der Waals surface area (Å²) in [5, 5.41) is 10.1. The standard InChI is InChI=1S/C18H22N4S/c1-13-5-6-16-14(11-21-17(16)10-13)7-8-20-18(19-2)22-12-15-4-3-9-23-15/h3-6,9-11,21H,7-8,12H2,1-2H3,(H2,19,20,22). The number of nitrogens with one attached hydrogen (secondary N) is 3. The van der Waals surface area contributed by atoms with Gasteiger partial charge in [-0.25, -0.2) is 0 Å². The Balaban J connectivity index is 1.53. The Morgan fingerprint density at radius 3 is 2.96 bits per heavy atom. The van der Waals surface area contributed by atoms with Crippen LogP contribution in [0.3, 0.4) is 0 Å². The van der Waals surface area contributed by atoms with Crippen LogP contribution >= 0.6 is 11.3 Å². The van der Waals surface area contributed by atoms with E-state index in [0.717, 1.165) is 25.5 Å². The minimum absolute atomic E-state index is 0.809. The van der Waals surface area contributed by atoms with E-state index in [4.69, 9.17) is 0 Å². The number of nitrogens with zero attached hydrogens (tertiary/aromatic N) is 1. The van der Waals surface area contributed by atoms with Crippen molar-refractivity contribution >= 4 is 28.2 Å². The zero-order chi connectivity index (χ0) is 16.1. The Morgan fingerprint density at radius 2 is 2.17 bits per heavy atom. The molecule has 0 unspecified atom stereocenters. The number of aromatic amines is 1. The van der Waals surface area contributed by atoms with Crippen LogP contribution in [0.15, 0.2) is 46.9 Å². The van der Waals surface area contributed by atoms with E-state index in [1.54, 1.807) is 18.4 Å². The van der Waals surface area contributed by atoms with E-state index in [0.29, 0.717) is 0 Å². The van der Waals surface area contributed by atoms with Gasteiger partial charge in [-0.1, -0.05) is 18.2 Å². The molecule has 2 heterocycles. The second-order valence-electron chi connectivity index (χ2n) is 5.54. The average molecular weight is 326 g/mol. The molecule has 1 aromatic carbocycles. The van der Waals surface area contributed by atoms with Crippen molar-refractivity contribution in [1.82, 2.24) is 15.6 Å². The first-order valence-corrected chi connectivity index (χ1v) is 8.68. The molecule has 0 atom stereocenters. The van der Waals surface area contributed by atoms with E-state index < -0.39 is 0 Å². The third-order valence-electron chi connectivity index (χ3n) is 3.84. The second-order valence-corrected chi connectivity index (χ2v) is 6.58. The van der Waals surface area contributed by atoms with Crippen LogP contribution in [0.5, 0.6) is 0 Å². The van der Waals surface area contributed by atoms with Crippen molar-refractivity contribution in [1.29, 1.82) is 0 Å². The Kier molecular flexibility index (Phi) is 4.98. The molecule has 3 N–H and O–H groups in total. The smallest absolute Gasteiger partial charge is 0.191 e. The van der Waals surface area contributed by atoms with Gasteiger partial charge in [0.25, 0.3) is 0 Å². The molecule has 4 nitrogen and oxygen atoms in total. The maximum Gasteiger partial charge on any atom is 0.191 e. The molecule has 0 spiro atoms. The van der Waals surface area contributed by atoms with Crippen molar-refractivity contribution in [3.8, 4) is 0 Å². The molecule has 0 aliphatic carbocycles. The zero-order valence-electron chi connectivity index (χ0n) is 13.5. The van der Waals surface area contributed by atoms with Gasteiger partial charge >= 0.3 is 0 Å². The maximum atomic E-state index is 4.27. The summed E-state index contributed by atoms with van der Waals surface area (Å²) in [4.78, 5) is 8.93. The molecule has 0 saturated heterocycles. The summed E-state index contributed by atoms with van der Waals surface area (Å²) in [6.07, 6.45) is 3.07. The Morgan fingerprint density at radius 1 is 1.26 bits per heavy atom. The lowest BCUT2D eigenvalue weighted by Gasteiger charge is -2.11. The topological polar surface area (TPSA) is 52.2 Å². The summed E-state index contributed by atoms with van der Waals surface area (Å²) in [6.45, 7) is 3.78. The highest BCUT2D eigenvalue weighted by Crippen LogP contribution is 2.19. The van der Waals surface area contributed by atoms with Crippen molar-refractivity contribution in [2.24, 2.45) is 4.99 Å². The summed E-state index contributed by atoms with van der Waals surface area (Å²) in [7, 11) is 1.80. The van der Waals surface area contributed by atoms with Gasteiger partial charge in [-0.2, -0.15) is 0 Å². The summed E-state index contributed by atoms with van der Waals surface area (Å²) >= 11 is 1.75. The first-order chi connectivity index (χ1) is 11.3. The summed E-state index contributed by atoms with van der Waals surface area (Å²) < 4.78 is 0. The monoisotopic (exact) mass is 326 g/mol. The van der Waals surface area contributed by atoms with Gasteiger partial charge in [0.05, 0.1) is 6.54 Å². The van der Waals surface area contributed by atoms with Crippen LogP contribution in [0, 0.1) is 6.92 Å². The fourth-order valence-electron chi connectivity index (χ4n) is 2.63. The highest BCUT2D eigenvalue weighted by Gasteiger charge is 2.04. The quantitative estimate of drug-likeness (QED) is 0.497. The minimum atomic E-state index is 0.809. The molecule has 0 amide bonds. The van der Waals surface area contributed by atoms with Gasteiger partial charge < -0.3 is 15.6 Å². The van der Waals surface area contributed by atoms with Gasteiger partial charge in [-0.3, -0.25) is 4.99 Å². The van der Waals surface area contributed by atoms with Crippen molar-refractivity contribution in [2.75, 3.05) is 13.6 Å². The lowest BCUT2D eigenvalue weighted by atomic mass is 10.1. The predicted molar refractivity (Wildman–Crippen MR) is 99.3 cm³/mol. The number of thiophene rings is 1. The molecular formula is C18H22N4S. The summed E-state index contributed by atoms with van der Waals surface area (Å²) in [5.74, 6) is 0.842. The maximum absolute atomic E-state index is 4.27. The van der Waals surface area contributed by atoms with Crippen molar-refractivity contribution in [3.63, 3.8) is 0 Å². The molecule has 0 saturated carbocycles. The van der Waals surface area contributed by atoms with Gasteiger partial charge in [-0.05, 0) is 42.0 Å². The number of rotatable bonds is 5. The van der Waals surface area contributed by atoms with E-state index in [1.165, 1.54) is 26.9 Å². The molecular weight excluding hydrogens is 304 g/mol. The third kappa shape index (κ3) is 3.93. The molecule has 2 aromatic heterocycles. The Hall–Kier alpha value is -2.27. The summed E-state index contributed by atoms with van der Waals surface area (Å²) in [5.41, 5.74) is 3.82. The Labute approximate surface area is 140 Å². The van der Waals surface area contributed by atoms with Crippen LogP contribution in [0.4, 0.5) is 0 Å². The van der Waals surface area contributed by atoms with Gasteiger partial charge in [0, 0.05) is 35.6 Å². The highest BCUT2D eigenvalue weighted by molar-refractivity contribution is 7.09. The van der Waals surface area contributed by atoms with E-state index >= 15 is 0 Å². The first kappa shape index (κ1) is 15.6. The van der Waals surface area contributed by atoms with Gasteiger partial charge in [0.2, 0.25) is 0 Å². The van der Waals surface area contributed by atoms with Crippen LogP contribution in [0.1, 0.15) is 16.0 Å². The number of aryl methyl sites for hydroxylation is 1. The van der Waals surface area contributed by atoms with E-state index in [1.807, 2.05) is 0 Å². The number of guanidine groups is 1. The lowest BCUT2D eigenvalue weighted by Crippen LogP contribution is -2.37. The molecule has 23 heavy (non-hydrogen) atoms. The van der Waals surface area contributed by atoms with Crippen molar-refractivity contribution in [2.45, 2.75) is 19.9 Å². The molecule has 0 fully saturated rings. The summed E-state index contributed by atoms with van der Waals surface area (Å²) in [6, 6.07) is 10.7. The van der Waals surface area contributed by atoms with Gasteiger partial charge in [0.15, 0.2) is 5.96 Å². The van der Waals surface area contributed by atoms with E-state index in [2.05, 4.69) is 69.4 Å². The molecule has 0 aliphatic heterocycles. The Bertz CT molecular complexity index is 787. The fourth-order valence-corrected chi connectivity index (χ4v) is 3.27. The lowest BCUT2D eigenvalue weighted by molar-refractivity contribution is 0.801. The average Bonchev–Trinajstić information content (AvgIpc) is 3.20. The first-order valence-electron chi connectivity index (χ1n) is 7.80. The van der Waals surface area contributed by atoms with Gasteiger partial charge in [0.1, 0.15) is 0 Å². The minimum Gasteiger partial charge on any atom is -0.361 e. The van der Waals surface area contributed by atoms with E-state index in [9.17, 15) is 0 Å². The van der Waals surface area contributed by atoms with E-state index in [-0.39, 0.29) is 0 Å². The highest BCUT2D eigenvalue weighted by atomic mass is 32.1. The van der Waals surface area contributed by atoms with Crippen LogP contribution in [-0.4, -0.2) is 24.5 Å². The SMILES string of the molecule is CN=C(NCCc1c[nH]c2cc(C)ccc12)NCc1cccs1. The number of hydrogen-bond donors (Lipinski definition) is 3. The number of fused-ring (bicyclic) bond motifs is 1. The number of aromatic nitrogens is 1. The zero-order valence-corrected chi connectivity index (χ0v) is 14.3. The predicted octanol–water partition coefficient (Wildman–Crippen LogP) is 3.45. The number of benzene rings is 1. The van der Waals surface area contributed by atoms with Crippen LogP contribution in [0.25, 0.3) is 10.9 Å². The molecule has 3 rings (SSSR count).